The Hall–Kier alpha value is -0.970. The summed E-state index contributed by atoms with van der Waals surface area (Å²) in [4.78, 5) is 0. The molecular formula is C12H16ClN. The van der Waals surface area contributed by atoms with E-state index in [-0.39, 0.29) is 48.7 Å². The molecule has 76 valence electrons. The van der Waals surface area contributed by atoms with E-state index < -0.39 is 0 Å². The van der Waals surface area contributed by atoms with Crippen LogP contribution in [-0.2, 0) is 6.42 Å². The van der Waals surface area contributed by atoms with Gasteiger partial charge in [0, 0.05) is 6.04 Å². The fourth-order valence-electron chi connectivity index (χ4n) is 0.989. The van der Waals surface area contributed by atoms with Crippen LogP contribution < -0.4 is 5.32 Å². The fourth-order valence-corrected chi connectivity index (χ4v) is 0.989. The third kappa shape index (κ3) is 4.91. The van der Waals surface area contributed by atoms with Crippen LogP contribution in [0.5, 0.6) is 0 Å². The maximum Gasteiger partial charge on any atom is 0.0626 e. The lowest BCUT2D eigenvalue weighted by Gasteiger charge is -2.11. The molecule has 0 saturated carbocycles. The molecule has 0 spiro atoms. The number of nitrogens with one attached hydrogen (secondary N) is 1. The molecule has 1 rings (SSSR count). The van der Waals surface area contributed by atoms with Gasteiger partial charge in [0.25, 0.3) is 0 Å². The first-order chi connectivity index (χ1) is 8.40. The summed E-state index contributed by atoms with van der Waals surface area (Å²) >= 11 is 0. The van der Waals surface area contributed by atoms with Gasteiger partial charge in [0.1, 0.15) is 0 Å². The normalized spacial score (nSPS) is 16.1. The summed E-state index contributed by atoms with van der Waals surface area (Å²) in [5, 5.41) is 3.02. The SMILES string of the molecule is Cl.[2H]c1c([2H])c([2H])c(C[C@@H](C)NCC#C)c([2H])c1[2H]. The lowest BCUT2D eigenvalue weighted by molar-refractivity contribution is 0.585. The van der Waals surface area contributed by atoms with Crippen molar-refractivity contribution in [3.63, 3.8) is 0 Å². The third-order valence-corrected chi connectivity index (χ3v) is 1.61. The van der Waals surface area contributed by atoms with Crippen molar-refractivity contribution >= 4 is 12.4 Å². The Morgan fingerprint density at radius 3 is 2.71 bits per heavy atom. The Bertz CT molecular complexity index is 469. The van der Waals surface area contributed by atoms with Crippen LogP contribution in [0.2, 0.25) is 0 Å². The molecule has 0 fully saturated rings. The van der Waals surface area contributed by atoms with Gasteiger partial charge in [0.2, 0.25) is 0 Å². The molecule has 0 bridgehead atoms. The highest BCUT2D eigenvalue weighted by molar-refractivity contribution is 5.85. The minimum absolute atomic E-state index is 0. The Labute approximate surface area is 99.3 Å². The van der Waals surface area contributed by atoms with E-state index in [1.807, 2.05) is 6.92 Å². The lowest BCUT2D eigenvalue weighted by atomic mass is 10.1. The molecule has 0 heterocycles. The summed E-state index contributed by atoms with van der Waals surface area (Å²) in [5.74, 6) is 2.44. The number of hydrogen-bond donors (Lipinski definition) is 1. The van der Waals surface area contributed by atoms with Crippen molar-refractivity contribution in [1.82, 2.24) is 5.32 Å². The average Bonchev–Trinajstić information content (AvgIpc) is 2.36. The minimum atomic E-state index is -0.363. The zero-order valence-corrected chi connectivity index (χ0v) is 8.79. The molecular weight excluding hydrogens is 194 g/mol. The number of benzene rings is 1. The number of terminal acetylenes is 1. The van der Waals surface area contributed by atoms with Gasteiger partial charge in [-0.1, -0.05) is 36.1 Å². The van der Waals surface area contributed by atoms with Crippen molar-refractivity contribution in [3.05, 3.63) is 35.8 Å². The van der Waals surface area contributed by atoms with Gasteiger partial charge in [-0.2, -0.15) is 0 Å². The first kappa shape index (κ1) is 6.50. The lowest BCUT2D eigenvalue weighted by Crippen LogP contribution is -2.28. The standard InChI is InChI=1S/C12H15N.ClH/c1-3-9-13-11(2)10-12-7-5-4-6-8-12;/h1,4-8,11,13H,9-10H2,2H3;1H/t11-;/m1./s1/i4D,5D,6D,7D,8D;. The molecule has 0 radical (unpaired) electrons. The summed E-state index contributed by atoms with van der Waals surface area (Å²) < 4.78 is 38.1. The van der Waals surface area contributed by atoms with Crippen molar-refractivity contribution in [1.29, 1.82) is 0 Å². The van der Waals surface area contributed by atoms with Gasteiger partial charge in [0.15, 0.2) is 0 Å². The van der Waals surface area contributed by atoms with E-state index in [0.717, 1.165) is 0 Å². The third-order valence-electron chi connectivity index (χ3n) is 1.61. The molecule has 1 atom stereocenters. The van der Waals surface area contributed by atoms with Crippen molar-refractivity contribution in [2.75, 3.05) is 6.54 Å². The van der Waals surface area contributed by atoms with Crippen molar-refractivity contribution in [2.24, 2.45) is 0 Å². The van der Waals surface area contributed by atoms with Gasteiger partial charge in [-0.15, -0.1) is 18.8 Å². The van der Waals surface area contributed by atoms with E-state index >= 15 is 0 Å². The molecule has 0 aliphatic heterocycles. The average molecular weight is 215 g/mol. The van der Waals surface area contributed by atoms with Gasteiger partial charge in [-0.25, -0.2) is 0 Å². The predicted octanol–water partition coefficient (Wildman–Crippen LogP) is 2.26. The molecule has 0 amide bonds. The first-order valence-corrected chi connectivity index (χ1v) is 4.12. The monoisotopic (exact) mass is 214 g/mol. The highest BCUT2D eigenvalue weighted by Gasteiger charge is 2.00. The second-order valence-corrected chi connectivity index (χ2v) is 2.79. The molecule has 0 aliphatic rings. The van der Waals surface area contributed by atoms with E-state index in [2.05, 4.69) is 11.2 Å². The number of halogens is 1. The van der Waals surface area contributed by atoms with Gasteiger partial charge in [0.05, 0.1) is 13.4 Å². The smallest absolute Gasteiger partial charge is 0.0626 e. The van der Waals surface area contributed by atoms with Crippen molar-refractivity contribution in [3.8, 4) is 12.3 Å². The van der Waals surface area contributed by atoms with E-state index in [1.54, 1.807) is 0 Å². The molecule has 2 heteroatoms. The van der Waals surface area contributed by atoms with Gasteiger partial charge >= 0.3 is 0 Å². The first-order valence-electron chi connectivity index (χ1n) is 6.62. The molecule has 1 nitrogen and oxygen atoms in total. The highest BCUT2D eigenvalue weighted by atomic mass is 35.5. The number of rotatable bonds is 4. The van der Waals surface area contributed by atoms with E-state index in [4.69, 9.17) is 13.3 Å². The molecule has 1 aromatic carbocycles. The zero-order valence-electron chi connectivity index (χ0n) is 13.0. The van der Waals surface area contributed by atoms with Crippen molar-refractivity contribution in [2.45, 2.75) is 19.4 Å². The zero-order chi connectivity index (χ0) is 13.9. The van der Waals surface area contributed by atoms with Crippen LogP contribution in [-0.4, -0.2) is 12.6 Å². The maximum atomic E-state index is 7.77. The second-order valence-electron chi connectivity index (χ2n) is 2.79. The van der Waals surface area contributed by atoms with Gasteiger partial charge < -0.3 is 5.32 Å². The van der Waals surface area contributed by atoms with Crippen LogP contribution >= 0.6 is 12.4 Å². The quantitative estimate of drug-likeness (QED) is 0.759. The molecule has 1 aromatic rings. The van der Waals surface area contributed by atoms with E-state index in [1.165, 1.54) is 0 Å². The summed E-state index contributed by atoms with van der Waals surface area (Å²) in [6.45, 7) is 2.25. The summed E-state index contributed by atoms with van der Waals surface area (Å²) in [6, 6.07) is -1.29. The maximum absolute atomic E-state index is 7.77. The van der Waals surface area contributed by atoms with Crippen LogP contribution in [0.4, 0.5) is 0 Å². The molecule has 0 unspecified atom stereocenters. The highest BCUT2D eigenvalue weighted by Crippen LogP contribution is 2.01. The molecule has 0 aliphatic carbocycles. The predicted molar refractivity (Wildman–Crippen MR) is 63.7 cm³/mol. The van der Waals surface area contributed by atoms with E-state index in [9.17, 15) is 0 Å². The number of hydrogen-bond acceptors (Lipinski definition) is 1. The fraction of sp³-hybridized carbons (Fsp3) is 0.333. The van der Waals surface area contributed by atoms with Crippen molar-refractivity contribution < 1.29 is 6.85 Å². The summed E-state index contributed by atoms with van der Waals surface area (Å²) in [6.07, 6.45) is 5.47. The molecule has 1 N–H and O–H groups in total. The largest absolute Gasteiger partial charge is 0.303 e. The van der Waals surface area contributed by atoms with Crippen LogP contribution in [0.15, 0.2) is 30.2 Å². The van der Waals surface area contributed by atoms with Gasteiger partial charge in [-0.05, 0) is 18.9 Å². The van der Waals surface area contributed by atoms with E-state index in [0.29, 0.717) is 18.5 Å². The summed E-state index contributed by atoms with van der Waals surface area (Å²) in [7, 11) is 0. The topological polar surface area (TPSA) is 12.0 Å². The second kappa shape index (κ2) is 7.44. The molecule has 0 aromatic heterocycles. The molecule has 0 saturated heterocycles. The minimum Gasteiger partial charge on any atom is -0.303 e. The van der Waals surface area contributed by atoms with Gasteiger partial charge in [-0.3, -0.25) is 0 Å². The Kier molecular flexibility index (Phi) is 3.45. The van der Waals surface area contributed by atoms with Crippen LogP contribution in [0.25, 0.3) is 0 Å². The van der Waals surface area contributed by atoms with Crippen LogP contribution in [0.3, 0.4) is 0 Å². The Balaban J connectivity index is 0.00000324. The van der Waals surface area contributed by atoms with Crippen LogP contribution in [0.1, 0.15) is 19.3 Å². The summed E-state index contributed by atoms with van der Waals surface area (Å²) in [5.41, 5.74) is 0.318. The Morgan fingerprint density at radius 2 is 2.14 bits per heavy atom. The molecule has 14 heavy (non-hydrogen) atoms. The van der Waals surface area contributed by atoms with Crippen LogP contribution in [0, 0.1) is 12.3 Å². The Morgan fingerprint density at radius 1 is 1.50 bits per heavy atom.